The molecule has 0 radical (unpaired) electrons. The summed E-state index contributed by atoms with van der Waals surface area (Å²) >= 11 is 0. The van der Waals surface area contributed by atoms with Gasteiger partial charge >= 0.3 is 0 Å². The molecular formula is C6H11N. The van der Waals surface area contributed by atoms with Gasteiger partial charge in [0.2, 0.25) is 0 Å². The fourth-order valence-corrected chi connectivity index (χ4v) is 1.15. The summed E-state index contributed by atoms with van der Waals surface area (Å²) in [6.45, 7) is 3.60. The summed E-state index contributed by atoms with van der Waals surface area (Å²) in [4.78, 5) is 0. The third-order valence-electron chi connectivity index (χ3n) is 2.21. The maximum absolute atomic E-state index is 3.37. The number of hydrogen-bond acceptors (Lipinski definition) is 1. The van der Waals surface area contributed by atoms with Gasteiger partial charge in [-0.25, -0.2) is 0 Å². The minimum atomic E-state index is 0.611. The largest absolute Gasteiger partial charge is 0.308 e. The van der Waals surface area contributed by atoms with E-state index < -0.39 is 0 Å². The van der Waals surface area contributed by atoms with Crippen LogP contribution < -0.4 is 5.32 Å². The van der Waals surface area contributed by atoms with Crippen LogP contribution in [0.5, 0.6) is 0 Å². The van der Waals surface area contributed by atoms with E-state index in [0.717, 1.165) is 5.92 Å². The van der Waals surface area contributed by atoms with Crippen LogP contribution in [0.1, 0.15) is 19.8 Å². The zero-order valence-electron chi connectivity index (χ0n) is 4.70. The second kappa shape index (κ2) is 0.873. The van der Waals surface area contributed by atoms with Gasteiger partial charge < -0.3 is 5.32 Å². The highest BCUT2D eigenvalue weighted by molar-refractivity contribution is 5.09. The van der Waals surface area contributed by atoms with Gasteiger partial charge in [-0.15, -0.1) is 0 Å². The van der Waals surface area contributed by atoms with Gasteiger partial charge in [-0.2, -0.15) is 0 Å². The van der Waals surface area contributed by atoms with Crippen LogP contribution in [-0.4, -0.2) is 12.1 Å². The summed E-state index contributed by atoms with van der Waals surface area (Å²) in [7, 11) is 0. The third kappa shape index (κ3) is 0.480. The highest BCUT2D eigenvalue weighted by Gasteiger charge is 2.49. The molecule has 2 rings (SSSR count). The van der Waals surface area contributed by atoms with Gasteiger partial charge in [0.05, 0.1) is 0 Å². The first kappa shape index (κ1) is 3.90. The minimum Gasteiger partial charge on any atom is -0.308 e. The van der Waals surface area contributed by atoms with E-state index in [4.69, 9.17) is 0 Å². The van der Waals surface area contributed by atoms with Crippen molar-refractivity contribution in [3.63, 3.8) is 0 Å². The van der Waals surface area contributed by atoms with Crippen molar-refractivity contribution in [1.82, 2.24) is 5.32 Å². The highest BCUT2D eigenvalue weighted by atomic mass is 15.2. The van der Waals surface area contributed by atoms with Crippen molar-refractivity contribution in [2.24, 2.45) is 5.92 Å². The molecule has 40 valence electrons. The first-order chi connectivity index (χ1) is 3.31. The third-order valence-corrected chi connectivity index (χ3v) is 2.21. The average Bonchev–Trinajstić information content (AvgIpc) is 2.14. The fourth-order valence-electron chi connectivity index (χ4n) is 1.15. The monoisotopic (exact) mass is 97.1 g/mol. The number of rotatable bonds is 1. The molecule has 1 nitrogen and oxygen atoms in total. The lowest BCUT2D eigenvalue weighted by Gasteiger charge is -1.98. The van der Waals surface area contributed by atoms with Crippen molar-refractivity contribution >= 4 is 0 Å². The van der Waals surface area contributed by atoms with E-state index in [1.54, 1.807) is 0 Å². The van der Waals surface area contributed by atoms with Crippen LogP contribution in [-0.2, 0) is 0 Å². The van der Waals surface area contributed by atoms with Crippen molar-refractivity contribution in [1.29, 1.82) is 0 Å². The van der Waals surface area contributed by atoms with Crippen molar-refractivity contribution in [3.8, 4) is 0 Å². The van der Waals surface area contributed by atoms with Gasteiger partial charge in [0, 0.05) is 12.1 Å². The van der Waals surface area contributed by atoms with E-state index in [9.17, 15) is 0 Å². The maximum atomic E-state index is 3.37. The Balaban J connectivity index is 2.04. The molecule has 1 atom stereocenters. The molecule has 1 heterocycles. The molecule has 2 fully saturated rings. The molecule has 1 heteroatoms. The smallest absolute Gasteiger partial charge is 0.0307 e. The molecular weight excluding hydrogens is 86.1 g/mol. The minimum absolute atomic E-state index is 0.611. The van der Waals surface area contributed by atoms with Crippen LogP contribution in [0, 0.1) is 5.92 Å². The van der Waals surface area contributed by atoms with Crippen molar-refractivity contribution in [3.05, 3.63) is 0 Å². The second-order valence-corrected chi connectivity index (χ2v) is 3.05. The Labute approximate surface area is 44.1 Å². The van der Waals surface area contributed by atoms with Crippen molar-refractivity contribution < 1.29 is 0 Å². The predicted molar refractivity (Wildman–Crippen MR) is 29.1 cm³/mol. The van der Waals surface area contributed by atoms with Gasteiger partial charge in [-0.3, -0.25) is 0 Å². The highest BCUT2D eigenvalue weighted by Crippen LogP contribution is 2.44. The Bertz CT molecular complexity index is 90.4. The van der Waals surface area contributed by atoms with Crippen molar-refractivity contribution in [2.45, 2.75) is 25.3 Å². The van der Waals surface area contributed by atoms with Gasteiger partial charge in [0.1, 0.15) is 0 Å². The van der Waals surface area contributed by atoms with Gasteiger partial charge in [0.15, 0.2) is 0 Å². The van der Waals surface area contributed by atoms with E-state index in [2.05, 4.69) is 12.2 Å². The maximum Gasteiger partial charge on any atom is 0.0307 e. The lowest BCUT2D eigenvalue weighted by molar-refractivity contribution is 0.604. The summed E-state index contributed by atoms with van der Waals surface area (Å²) in [5, 5.41) is 3.37. The lowest BCUT2D eigenvalue weighted by Crippen LogP contribution is -2.10. The normalized spacial score (nSPS) is 49.3. The first-order valence-electron chi connectivity index (χ1n) is 3.06. The summed E-state index contributed by atoms with van der Waals surface area (Å²) in [5.74, 6) is 1.05. The first-order valence-corrected chi connectivity index (χ1v) is 3.06. The fraction of sp³-hybridized carbons (Fsp3) is 1.00. The Kier molecular flexibility index (Phi) is 0.487. The van der Waals surface area contributed by atoms with E-state index >= 15 is 0 Å². The van der Waals surface area contributed by atoms with Crippen LogP contribution in [0.3, 0.4) is 0 Å². The topological polar surface area (TPSA) is 21.9 Å². The second-order valence-electron chi connectivity index (χ2n) is 3.05. The van der Waals surface area contributed by atoms with Gasteiger partial charge in [0.25, 0.3) is 0 Å². The Morgan fingerprint density at radius 1 is 1.57 bits per heavy atom. The summed E-state index contributed by atoms with van der Waals surface area (Å²) in [6, 6.07) is 0. The van der Waals surface area contributed by atoms with Gasteiger partial charge in [-0.1, -0.05) is 0 Å². The average molecular weight is 97.2 g/mol. The number of hydrogen-bond donors (Lipinski definition) is 1. The van der Waals surface area contributed by atoms with E-state index in [1.807, 2.05) is 0 Å². The van der Waals surface area contributed by atoms with Crippen LogP contribution in [0.25, 0.3) is 0 Å². The molecule has 2 aliphatic rings. The van der Waals surface area contributed by atoms with Crippen molar-refractivity contribution in [2.75, 3.05) is 6.54 Å². The molecule has 0 amide bonds. The zero-order chi connectivity index (χ0) is 4.91. The quantitative estimate of drug-likeness (QED) is 0.479. The molecule has 1 aliphatic carbocycles. The summed E-state index contributed by atoms with van der Waals surface area (Å²) in [5.41, 5.74) is 0.611. The standard InChI is InChI=1S/C6H11N/c1-6(4-7-6)5-2-3-5/h5,7H,2-4H2,1H3. The van der Waals surface area contributed by atoms with E-state index in [-0.39, 0.29) is 0 Å². The molecule has 1 saturated carbocycles. The zero-order valence-corrected chi connectivity index (χ0v) is 4.70. The molecule has 0 spiro atoms. The molecule has 1 saturated heterocycles. The molecule has 7 heavy (non-hydrogen) atoms. The molecule has 0 bridgehead atoms. The lowest BCUT2D eigenvalue weighted by atomic mass is 10.1. The molecule has 1 aliphatic heterocycles. The van der Waals surface area contributed by atoms with Crippen LogP contribution >= 0.6 is 0 Å². The Morgan fingerprint density at radius 2 is 2.14 bits per heavy atom. The van der Waals surface area contributed by atoms with E-state index in [1.165, 1.54) is 19.4 Å². The molecule has 1 unspecified atom stereocenters. The summed E-state index contributed by atoms with van der Waals surface area (Å²) in [6.07, 6.45) is 2.95. The molecule has 0 aromatic heterocycles. The Morgan fingerprint density at radius 3 is 2.29 bits per heavy atom. The van der Waals surface area contributed by atoms with E-state index in [0.29, 0.717) is 5.54 Å². The van der Waals surface area contributed by atoms with Gasteiger partial charge in [-0.05, 0) is 25.7 Å². The Hall–Kier alpha value is -0.0400. The van der Waals surface area contributed by atoms with Crippen LogP contribution in [0.15, 0.2) is 0 Å². The number of nitrogens with one attached hydrogen (secondary N) is 1. The van der Waals surface area contributed by atoms with Crippen LogP contribution in [0.2, 0.25) is 0 Å². The SMILES string of the molecule is CC1(C2CC2)CN1. The predicted octanol–water partition coefficient (Wildman–Crippen LogP) is 0.758. The van der Waals surface area contributed by atoms with Crippen LogP contribution in [0.4, 0.5) is 0 Å². The summed E-state index contributed by atoms with van der Waals surface area (Å²) < 4.78 is 0. The molecule has 1 N–H and O–H groups in total. The molecule has 0 aromatic carbocycles. The molecule has 0 aromatic rings.